The highest BCUT2D eigenvalue weighted by Crippen LogP contribution is 2.23. The Kier molecular flexibility index (Phi) is 4.34. The summed E-state index contributed by atoms with van der Waals surface area (Å²) in [7, 11) is 0. The van der Waals surface area contributed by atoms with Crippen LogP contribution in [0.25, 0.3) is 6.08 Å². The van der Waals surface area contributed by atoms with Gasteiger partial charge in [0, 0.05) is 25.6 Å². The third kappa shape index (κ3) is 3.95. The largest absolute Gasteiger partial charge is 0.356 e. The van der Waals surface area contributed by atoms with Crippen LogP contribution in [0.2, 0.25) is 0 Å². The molecule has 1 aliphatic heterocycles. The second-order valence-corrected chi connectivity index (χ2v) is 4.64. The van der Waals surface area contributed by atoms with Gasteiger partial charge in [0.2, 0.25) is 11.8 Å². The Morgan fingerprint density at radius 1 is 1.42 bits per heavy atom. The van der Waals surface area contributed by atoms with E-state index in [4.69, 9.17) is 0 Å². The van der Waals surface area contributed by atoms with Crippen molar-refractivity contribution in [2.45, 2.75) is 26.2 Å². The maximum absolute atomic E-state index is 11.3. The van der Waals surface area contributed by atoms with E-state index in [1.54, 1.807) is 0 Å². The van der Waals surface area contributed by atoms with E-state index in [0.717, 1.165) is 24.1 Å². The van der Waals surface area contributed by atoms with Crippen LogP contribution in [0.1, 0.15) is 30.9 Å². The Morgan fingerprint density at radius 2 is 2.26 bits per heavy atom. The molecule has 2 rings (SSSR count). The first-order chi connectivity index (χ1) is 9.15. The maximum atomic E-state index is 11.3. The summed E-state index contributed by atoms with van der Waals surface area (Å²) in [6.45, 7) is 2.17. The van der Waals surface area contributed by atoms with Crippen LogP contribution in [-0.2, 0) is 16.0 Å². The van der Waals surface area contributed by atoms with Crippen molar-refractivity contribution in [3.05, 3.63) is 35.4 Å². The summed E-state index contributed by atoms with van der Waals surface area (Å²) in [4.78, 5) is 21.9. The first kappa shape index (κ1) is 13.3. The molecule has 0 atom stereocenters. The molecule has 4 heteroatoms. The normalized spacial score (nSPS) is 14.1. The predicted molar refractivity (Wildman–Crippen MR) is 75.7 cm³/mol. The summed E-state index contributed by atoms with van der Waals surface area (Å²) in [6.07, 6.45) is 6.25. The van der Waals surface area contributed by atoms with Crippen molar-refractivity contribution in [2.24, 2.45) is 0 Å². The number of benzene rings is 1. The molecule has 0 radical (unpaired) electrons. The van der Waals surface area contributed by atoms with E-state index in [1.165, 1.54) is 12.5 Å². The van der Waals surface area contributed by atoms with E-state index >= 15 is 0 Å². The summed E-state index contributed by atoms with van der Waals surface area (Å²) >= 11 is 0. The first-order valence-electron chi connectivity index (χ1n) is 6.49. The number of fused-ring (bicyclic) bond motifs is 1. The molecule has 0 spiro atoms. The smallest absolute Gasteiger partial charge is 0.224 e. The molecule has 100 valence electrons. The van der Waals surface area contributed by atoms with Gasteiger partial charge in [0.05, 0.1) is 0 Å². The Morgan fingerprint density at radius 3 is 3.05 bits per heavy atom. The number of anilines is 1. The third-order valence-electron chi connectivity index (χ3n) is 3.02. The minimum absolute atomic E-state index is 0.00192. The Balaban J connectivity index is 1.93. The van der Waals surface area contributed by atoms with Gasteiger partial charge in [-0.25, -0.2) is 0 Å². The van der Waals surface area contributed by atoms with Crippen molar-refractivity contribution < 1.29 is 9.59 Å². The fraction of sp³-hybridized carbons (Fsp3) is 0.333. The van der Waals surface area contributed by atoms with Gasteiger partial charge < -0.3 is 10.6 Å². The molecule has 4 nitrogen and oxygen atoms in total. The average molecular weight is 258 g/mol. The zero-order chi connectivity index (χ0) is 13.7. The molecule has 0 bridgehead atoms. The molecule has 0 saturated heterocycles. The minimum Gasteiger partial charge on any atom is -0.356 e. The molecule has 0 unspecified atom stereocenters. The molecular formula is C15H18N2O2. The van der Waals surface area contributed by atoms with E-state index in [0.29, 0.717) is 13.0 Å². The number of hydrogen-bond donors (Lipinski definition) is 2. The van der Waals surface area contributed by atoms with Crippen molar-refractivity contribution in [2.75, 3.05) is 11.9 Å². The van der Waals surface area contributed by atoms with E-state index in [2.05, 4.69) is 16.7 Å². The Labute approximate surface area is 112 Å². The molecule has 1 aromatic rings. The van der Waals surface area contributed by atoms with E-state index in [-0.39, 0.29) is 11.8 Å². The average Bonchev–Trinajstić information content (AvgIpc) is 2.38. The van der Waals surface area contributed by atoms with Gasteiger partial charge in [-0.3, -0.25) is 9.59 Å². The van der Waals surface area contributed by atoms with Gasteiger partial charge in [-0.2, -0.15) is 0 Å². The number of aryl methyl sites for hydroxylation is 1. The van der Waals surface area contributed by atoms with E-state index < -0.39 is 0 Å². The summed E-state index contributed by atoms with van der Waals surface area (Å²) in [6, 6.07) is 6.03. The summed E-state index contributed by atoms with van der Waals surface area (Å²) in [5, 5.41) is 5.61. The number of carbonyl (C=O) groups is 2. The zero-order valence-corrected chi connectivity index (χ0v) is 11.0. The highest BCUT2D eigenvalue weighted by Gasteiger charge is 2.13. The number of rotatable bonds is 4. The lowest BCUT2D eigenvalue weighted by atomic mass is 10.00. The Hall–Kier alpha value is -2.10. The molecule has 1 heterocycles. The maximum Gasteiger partial charge on any atom is 0.224 e. The molecule has 0 aromatic heterocycles. The van der Waals surface area contributed by atoms with Crippen LogP contribution in [0.3, 0.4) is 0 Å². The van der Waals surface area contributed by atoms with E-state index in [1.807, 2.05) is 24.3 Å². The highest BCUT2D eigenvalue weighted by molar-refractivity contribution is 5.94. The third-order valence-corrected chi connectivity index (χ3v) is 3.02. The molecule has 2 N–H and O–H groups in total. The van der Waals surface area contributed by atoms with Gasteiger partial charge >= 0.3 is 0 Å². The molecule has 1 aliphatic rings. The van der Waals surface area contributed by atoms with Crippen LogP contribution in [0.5, 0.6) is 0 Å². The summed E-state index contributed by atoms with van der Waals surface area (Å²) < 4.78 is 0. The predicted octanol–water partition coefficient (Wildman–Crippen LogP) is 2.11. The fourth-order valence-electron chi connectivity index (χ4n) is 2.06. The molecule has 19 heavy (non-hydrogen) atoms. The van der Waals surface area contributed by atoms with Crippen LogP contribution in [0.4, 0.5) is 5.69 Å². The SMILES string of the molecule is CC(=O)NCCC=Cc1ccc2c(c1)CCC(=O)N2. The lowest BCUT2D eigenvalue weighted by molar-refractivity contribution is -0.119. The second-order valence-electron chi connectivity index (χ2n) is 4.64. The topological polar surface area (TPSA) is 58.2 Å². The van der Waals surface area contributed by atoms with Crippen molar-refractivity contribution in [1.82, 2.24) is 5.32 Å². The van der Waals surface area contributed by atoms with Crippen LogP contribution in [0.15, 0.2) is 24.3 Å². The zero-order valence-electron chi connectivity index (χ0n) is 11.0. The molecule has 1 aromatic carbocycles. The number of nitrogens with one attached hydrogen (secondary N) is 2. The monoisotopic (exact) mass is 258 g/mol. The number of amides is 2. The molecule has 0 aliphatic carbocycles. The van der Waals surface area contributed by atoms with Crippen LogP contribution < -0.4 is 10.6 Å². The van der Waals surface area contributed by atoms with Gasteiger partial charge in [-0.05, 0) is 36.1 Å². The van der Waals surface area contributed by atoms with Crippen molar-refractivity contribution in [1.29, 1.82) is 0 Å². The molecule has 0 saturated carbocycles. The fourth-order valence-corrected chi connectivity index (χ4v) is 2.06. The second kappa shape index (κ2) is 6.18. The summed E-state index contributed by atoms with van der Waals surface area (Å²) in [5.74, 6) is 0.0871. The highest BCUT2D eigenvalue weighted by atomic mass is 16.2. The minimum atomic E-state index is -0.00192. The lowest BCUT2D eigenvalue weighted by Crippen LogP contribution is -2.20. The van der Waals surface area contributed by atoms with Crippen molar-refractivity contribution in [3.8, 4) is 0 Å². The molecular weight excluding hydrogens is 240 g/mol. The number of hydrogen-bond acceptors (Lipinski definition) is 2. The number of carbonyl (C=O) groups excluding carboxylic acids is 2. The van der Waals surface area contributed by atoms with Gasteiger partial charge in [0.25, 0.3) is 0 Å². The van der Waals surface area contributed by atoms with Crippen LogP contribution >= 0.6 is 0 Å². The van der Waals surface area contributed by atoms with Gasteiger partial charge in [-0.15, -0.1) is 0 Å². The van der Waals surface area contributed by atoms with Crippen LogP contribution in [0, 0.1) is 0 Å². The first-order valence-corrected chi connectivity index (χ1v) is 6.49. The van der Waals surface area contributed by atoms with Crippen LogP contribution in [-0.4, -0.2) is 18.4 Å². The summed E-state index contributed by atoms with van der Waals surface area (Å²) in [5.41, 5.74) is 3.23. The van der Waals surface area contributed by atoms with Gasteiger partial charge in [0.1, 0.15) is 0 Å². The van der Waals surface area contributed by atoms with Crippen molar-refractivity contribution in [3.63, 3.8) is 0 Å². The Bertz CT molecular complexity index is 521. The lowest BCUT2D eigenvalue weighted by Gasteiger charge is -2.16. The van der Waals surface area contributed by atoms with Gasteiger partial charge in [0.15, 0.2) is 0 Å². The molecule has 2 amide bonds. The van der Waals surface area contributed by atoms with Crippen molar-refractivity contribution >= 4 is 23.6 Å². The molecule has 0 fully saturated rings. The van der Waals surface area contributed by atoms with Gasteiger partial charge in [-0.1, -0.05) is 18.2 Å². The van der Waals surface area contributed by atoms with E-state index in [9.17, 15) is 9.59 Å². The quantitative estimate of drug-likeness (QED) is 0.813. The standard InChI is InChI=1S/C15H18N2O2/c1-11(18)16-9-3-2-4-12-5-7-14-13(10-12)6-8-15(19)17-14/h2,4-5,7,10H,3,6,8-9H2,1H3,(H,16,18)(H,17,19).